The molecule has 2 heterocycles. The molecule has 19 heavy (non-hydrogen) atoms. The summed E-state index contributed by atoms with van der Waals surface area (Å²) in [5.41, 5.74) is 0. The van der Waals surface area contributed by atoms with E-state index in [1.165, 1.54) is 0 Å². The molecule has 2 aliphatic heterocycles. The molecule has 1 unspecified atom stereocenters. The minimum Gasteiger partial charge on any atom is -0.319 e. The first-order valence-corrected chi connectivity index (χ1v) is 8.83. The van der Waals surface area contributed by atoms with Crippen LogP contribution in [0.5, 0.6) is 0 Å². The Balaban J connectivity index is 1.93. The van der Waals surface area contributed by atoms with Crippen LogP contribution in [0.2, 0.25) is 0 Å². The summed E-state index contributed by atoms with van der Waals surface area (Å²) in [4.78, 5) is 0. The highest BCUT2D eigenvalue weighted by Crippen LogP contribution is 2.24. The molecule has 6 heteroatoms. The van der Waals surface area contributed by atoms with Crippen LogP contribution < -0.4 is 5.32 Å². The van der Waals surface area contributed by atoms with Gasteiger partial charge in [0.2, 0.25) is 0 Å². The maximum absolute atomic E-state index is 12.6. The average Bonchev–Trinajstić information content (AvgIpc) is 2.40. The van der Waals surface area contributed by atoms with Crippen molar-refractivity contribution < 1.29 is 8.42 Å². The summed E-state index contributed by atoms with van der Waals surface area (Å²) in [6, 6.07) is 0. The fourth-order valence-electron chi connectivity index (χ4n) is 3.15. The number of nitrogens with one attached hydrogen (secondary N) is 1. The molecule has 2 aliphatic rings. The normalized spacial score (nSPS) is 28.6. The summed E-state index contributed by atoms with van der Waals surface area (Å²) < 4.78 is 28.6. The van der Waals surface area contributed by atoms with Crippen LogP contribution in [0.3, 0.4) is 0 Å². The van der Waals surface area contributed by atoms with E-state index >= 15 is 0 Å². The molecular formula is C13H27N3O2S. The number of rotatable bonds is 4. The van der Waals surface area contributed by atoms with Crippen molar-refractivity contribution in [1.29, 1.82) is 0 Å². The summed E-state index contributed by atoms with van der Waals surface area (Å²) in [5, 5.41) is 3.18. The third kappa shape index (κ3) is 3.68. The van der Waals surface area contributed by atoms with Gasteiger partial charge in [0.25, 0.3) is 10.2 Å². The van der Waals surface area contributed by atoms with Crippen LogP contribution in [0.15, 0.2) is 0 Å². The maximum atomic E-state index is 12.6. The van der Waals surface area contributed by atoms with Gasteiger partial charge in [-0.3, -0.25) is 0 Å². The predicted octanol–water partition coefficient (Wildman–Crippen LogP) is 0.895. The van der Waals surface area contributed by atoms with Crippen LogP contribution in [-0.2, 0) is 10.2 Å². The van der Waals surface area contributed by atoms with Gasteiger partial charge in [-0.15, -0.1) is 0 Å². The lowest BCUT2D eigenvalue weighted by atomic mass is 9.98. The molecular weight excluding hydrogens is 262 g/mol. The minimum absolute atomic E-state index is 0.491. The van der Waals surface area contributed by atoms with Gasteiger partial charge in [-0.1, -0.05) is 6.92 Å². The number of hydrogen-bond acceptors (Lipinski definition) is 3. The molecule has 5 nitrogen and oxygen atoms in total. The molecule has 2 fully saturated rings. The van der Waals surface area contributed by atoms with Crippen molar-refractivity contribution in [3.63, 3.8) is 0 Å². The smallest absolute Gasteiger partial charge is 0.281 e. The van der Waals surface area contributed by atoms with Crippen LogP contribution >= 0.6 is 0 Å². The number of piperidine rings is 2. The quantitative estimate of drug-likeness (QED) is 0.836. The Morgan fingerprint density at radius 1 is 1.11 bits per heavy atom. The standard InChI is InChI=1S/C13H27N3O2S/c1-12-4-3-7-16(11-12)19(17,18)15-8-5-13(6-9-15)10-14-2/h12-14H,3-11H2,1-2H3. The van der Waals surface area contributed by atoms with E-state index in [0.29, 0.717) is 38.0 Å². The lowest BCUT2D eigenvalue weighted by Crippen LogP contribution is -2.50. The Hall–Kier alpha value is -0.170. The lowest BCUT2D eigenvalue weighted by Gasteiger charge is -2.37. The van der Waals surface area contributed by atoms with Crippen molar-refractivity contribution in [3.05, 3.63) is 0 Å². The molecule has 0 aromatic carbocycles. The first-order chi connectivity index (χ1) is 9.04. The van der Waals surface area contributed by atoms with Gasteiger partial charge in [-0.25, -0.2) is 0 Å². The summed E-state index contributed by atoms with van der Waals surface area (Å²) in [6.07, 6.45) is 4.10. The van der Waals surface area contributed by atoms with Crippen molar-refractivity contribution >= 4 is 10.2 Å². The van der Waals surface area contributed by atoms with E-state index in [-0.39, 0.29) is 0 Å². The van der Waals surface area contributed by atoms with Gasteiger partial charge in [-0.05, 0) is 51.1 Å². The van der Waals surface area contributed by atoms with E-state index in [1.54, 1.807) is 8.61 Å². The summed E-state index contributed by atoms with van der Waals surface area (Å²) >= 11 is 0. The van der Waals surface area contributed by atoms with Crippen LogP contribution in [-0.4, -0.2) is 56.8 Å². The van der Waals surface area contributed by atoms with E-state index < -0.39 is 10.2 Å². The number of hydrogen-bond donors (Lipinski definition) is 1. The third-order valence-electron chi connectivity index (χ3n) is 4.34. The van der Waals surface area contributed by atoms with Gasteiger partial charge < -0.3 is 5.32 Å². The Morgan fingerprint density at radius 3 is 2.37 bits per heavy atom. The molecule has 0 radical (unpaired) electrons. The molecule has 112 valence electrons. The van der Waals surface area contributed by atoms with Crippen LogP contribution in [0, 0.1) is 11.8 Å². The van der Waals surface area contributed by atoms with Gasteiger partial charge in [0.1, 0.15) is 0 Å². The predicted molar refractivity (Wildman–Crippen MR) is 77.1 cm³/mol. The van der Waals surface area contributed by atoms with Gasteiger partial charge in [0, 0.05) is 26.2 Å². The molecule has 0 bridgehead atoms. The fraction of sp³-hybridized carbons (Fsp3) is 1.00. The summed E-state index contributed by atoms with van der Waals surface area (Å²) in [6.45, 7) is 5.89. The van der Waals surface area contributed by atoms with Crippen LogP contribution in [0.1, 0.15) is 32.6 Å². The van der Waals surface area contributed by atoms with Crippen LogP contribution in [0.4, 0.5) is 0 Å². The zero-order valence-corrected chi connectivity index (χ0v) is 13.0. The van der Waals surface area contributed by atoms with Crippen molar-refractivity contribution in [2.45, 2.75) is 32.6 Å². The van der Waals surface area contributed by atoms with Crippen molar-refractivity contribution in [3.8, 4) is 0 Å². The van der Waals surface area contributed by atoms with E-state index in [4.69, 9.17) is 0 Å². The van der Waals surface area contributed by atoms with E-state index in [9.17, 15) is 8.42 Å². The molecule has 2 saturated heterocycles. The van der Waals surface area contributed by atoms with Gasteiger partial charge in [-0.2, -0.15) is 17.0 Å². The molecule has 0 spiro atoms. The monoisotopic (exact) mass is 289 g/mol. The maximum Gasteiger partial charge on any atom is 0.281 e. The highest BCUT2D eigenvalue weighted by atomic mass is 32.2. The lowest BCUT2D eigenvalue weighted by molar-refractivity contribution is 0.226. The Labute approximate surface area is 117 Å². The minimum atomic E-state index is -3.21. The Kier molecular flexibility index (Phi) is 5.22. The molecule has 2 rings (SSSR count). The number of nitrogens with zero attached hydrogens (tertiary/aromatic N) is 2. The Morgan fingerprint density at radius 2 is 1.79 bits per heavy atom. The van der Waals surface area contributed by atoms with Crippen LogP contribution in [0.25, 0.3) is 0 Å². The molecule has 0 aromatic heterocycles. The Bertz CT molecular complexity index is 377. The van der Waals surface area contributed by atoms with Gasteiger partial charge in [0.05, 0.1) is 0 Å². The van der Waals surface area contributed by atoms with E-state index in [0.717, 1.165) is 32.2 Å². The second-order valence-electron chi connectivity index (χ2n) is 6.01. The molecule has 0 saturated carbocycles. The SMILES string of the molecule is CNCC1CCN(S(=O)(=O)N2CCCC(C)C2)CC1. The first-order valence-electron chi connectivity index (χ1n) is 7.44. The first kappa shape index (κ1) is 15.2. The highest BCUT2D eigenvalue weighted by Gasteiger charge is 2.34. The van der Waals surface area contributed by atoms with Gasteiger partial charge >= 0.3 is 0 Å². The average molecular weight is 289 g/mol. The van der Waals surface area contributed by atoms with E-state index in [1.807, 2.05) is 7.05 Å². The molecule has 1 atom stereocenters. The zero-order chi connectivity index (χ0) is 13.9. The summed E-state index contributed by atoms with van der Waals surface area (Å²) in [7, 11) is -1.25. The largest absolute Gasteiger partial charge is 0.319 e. The van der Waals surface area contributed by atoms with Crippen molar-refractivity contribution in [2.24, 2.45) is 11.8 Å². The third-order valence-corrected chi connectivity index (χ3v) is 6.34. The topological polar surface area (TPSA) is 52.7 Å². The summed E-state index contributed by atoms with van der Waals surface area (Å²) in [5.74, 6) is 1.11. The van der Waals surface area contributed by atoms with E-state index in [2.05, 4.69) is 12.2 Å². The highest BCUT2D eigenvalue weighted by molar-refractivity contribution is 7.86. The zero-order valence-electron chi connectivity index (χ0n) is 12.1. The second kappa shape index (κ2) is 6.52. The fourth-order valence-corrected chi connectivity index (χ4v) is 4.95. The molecule has 0 aliphatic carbocycles. The molecule has 0 aromatic rings. The molecule has 0 amide bonds. The molecule has 1 N–H and O–H groups in total. The second-order valence-corrected chi connectivity index (χ2v) is 7.94. The van der Waals surface area contributed by atoms with Crippen molar-refractivity contribution in [1.82, 2.24) is 13.9 Å². The van der Waals surface area contributed by atoms with Crippen molar-refractivity contribution in [2.75, 3.05) is 39.8 Å². The van der Waals surface area contributed by atoms with Gasteiger partial charge in [0.15, 0.2) is 0 Å².